The molecule has 3 nitrogen and oxygen atoms in total. The third-order valence-electron chi connectivity index (χ3n) is 3.74. The lowest BCUT2D eigenvalue weighted by atomic mass is 10.0. The van der Waals surface area contributed by atoms with Crippen molar-refractivity contribution in [3.8, 4) is 0 Å². The molecule has 0 aromatic heterocycles. The summed E-state index contributed by atoms with van der Waals surface area (Å²) < 4.78 is 12.8. The molecule has 2 fully saturated rings. The van der Waals surface area contributed by atoms with Crippen LogP contribution in [-0.2, 0) is 4.79 Å². The molecule has 1 saturated heterocycles. The summed E-state index contributed by atoms with van der Waals surface area (Å²) in [6.07, 6.45) is 3.02. The van der Waals surface area contributed by atoms with Crippen LogP contribution in [0.2, 0.25) is 0 Å². The van der Waals surface area contributed by atoms with Gasteiger partial charge in [0.05, 0.1) is 6.04 Å². The van der Waals surface area contributed by atoms with Gasteiger partial charge in [-0.05, 0) is 24.7 Å². The molecule has 0 bridgehead atoms. The molecule has 1 aliphatic carbocycles. The molecule has 1 saturated carbocycles. The smallest absolute Gasteiger partial charge is 0.237 e. The van der Waals surface area contributed by atoms with Gasteiger partial charge in [-0.1, -0.05) is 6.92 Å². The van der Waals surface area contributed by atoms with Crippen LogP contribution < -0.4 is 10.6 Å². The van der Waals surface area contributed by atoms with E-state index < -0.39 is 6.17 Å². The Kier molecular flexibility index (Phi) is 4.56. The molecular formula is C11H20ClFN2O. The molecule has 2 atom stereocenters. The minimum Gasteiger partial charge on any atom is -0.354 e. The minimum absolute atomic E-state index is 0. The zero-order valence-corrected chi connectivity index (χ0v) is 10.4. The highest BCUT2D eigenvalue weighted by Crippen LogP contribution is 2.47. The van der Waals surface area contributed by atoms with Crippen molar-refractivity contribution in [3.63, 3.8) is 0 Å². The van der Waals surface area contributed by atoms with Gasteiger partial charge in [0, 0.05) is 19.5 Å². The van der Waals surface area contributed by atoms with Gasteiger partial charge in [0.1, 0.15) is 6.17 Å². The van der Waals surface area contributed by atoms with E-state index in [4.69, 9.17) is 0 Å². The van der Waals surface area contributed by atoms with Gasteiger partial charge in [0.15, 0.2) is 0 Å². The second kappa shape index (κ2) is 5.32. The molecule has 94 valence electrons. The first kappa shape index (κ1) is 13.7. The number of halogens is 2. The Morgan fingerprint density at radius 1 is 1.56 bits per heavy atom. The summed E-state index contributed by atoms with van der Waals surface area (Å²) in [5, 5.41) is 5.82. The monoisotopic (exact) mass is 250 g/mol. The standard InChI is InChI=1S/C11H19FN2O.ClH/c1-2-11(3-4-11)7-14-10(15)9-5-8(12)6-13-9;/h8-9,13H,2-7H2,1H3,(H,14,15);1H/t8-,9+;/m0./s1. The normalized spacial score (nSPS) is 30.6. The number of hydrogen-bond donors (Lipinski definition) is 2. The Hall–Kier alpha value is -0.350. The second-order valence-corrected chi connectivity index (χ2v) is 4.87. The average Bonchev–Trinajstić information content (AvgIpc) is 2.90. The van der Waals surface area contributed by atoms with Crippen LogP contribution in [0.4, 0.5) is 4.39 Å². The van der Waals surface area contributed by atoms with E-state index >= 15 is 0 Å². The Morgan fingerprint density at radius 2 is 2.25 bits per heavy atom. The zero-order valence-electron chi connectivity index (χ0n) is 9.59. The van der Waals surface area contributed by atoms with Crippen molar-refractivity contribution >= 4 is 18.3 Å². The van der Waals surface area contributed by atoms with E-state index in [0.29, 0.717) is 18.4 Å². The summed E-state index contributed by atoms with van der Waals surface area (Å²) in [5.41, 5.74) is 0.364. The number of amides is 1. The van der Waals surface area contributed by atoms with Crippen molar-refractivity contribution in [1.82, 2.24) is 10.6 Å². The first-order valence-corrected chi connectivity index (χ1v) is 5.80. The molecule has 16 heavy (non-hydrogen) atoms. The minimum atomic E-state index is -0.859. The van der Waals surface area contributed by atoms with Gasteiger partial charge in [0.2, 0.25) is 5.91 Å². The SMILES string of the molecule is CCC1(CNC(=O)[C@H]2C[C@H](F)CN2)CC1.Cl. The number of alkyl halides is 1. The van der Waals surface area contributed by atoms with Crippen LogP contribution in [0.25, 0.3) is 0 Å². The summed E-state index contributed by atoms with van der Waals surface area (Å²) >= 11 is 0. The van der Waals surface area contributed by atoms with E-state index in [2.05, 4.69) is 17.6 Å². The molecule has 2 aliphatic rings. The van der Waals surface area contributed by atoms with Crippen LogP contribution in [0.5, 0.6) is 0 Å². The molecule has 5 heteroatoms. The van der Waals surface area contributed by atoms with Crippen LogP contribution in [0.3, 0.4) is 0 Å². The van der Waals surface area contributed by atoms with E-state index in [-0.39, 0.29) is 24.4 Å². The molecule has 0 spiro atoms. The maximum Gasteiger partial charge on any atom is 0.237 e. The van der Waals surface area contributed by atoms with Crippen LogP contribution in [-0.4, -0.2) is 31.2 Å². The van der Waals surface area contributed by atoms with Crippen molar-refractivity contribution in [2.24, 2.45) is 5.41 Å². The van der Waals surface area contributed by atoms with Gasteiger partial charge < -0.3 is 10.6 Å². The molecule has 0 unspecified atom stereocenters. The quantitative estimate of drug-likeness (QED) is 0.792. The lowest BCUT2D eigenvalue weighted by Crippen LogP contribution is -2.42. The van der Waals surface area contributed by atoms with Gasteiger partial charge in [-0.25, -0.2) is 4.39 Å². The Bertz CT molecular complexity index is 258. The third kappa shape index (κ3) is 3.08. The fourth-order valence-electron chi connectivity index (χ4n) is 2.12. The lowest BCUT2D eigenvalue weighted by Gasteiger charge is -2.16. The largest absolute Gasteiger partial charge is 0.354 e. The van der Waals surface area contributed by atoms with E-state index in [9.17, 15) is 9.18 Å². The van der Waals surface area contributed by atoms with Crippen molar-refractivity contribution in [2.45, 2.75) is 44.8 Å². The summed E-state index contributed by atoms with van der Waals surface area (Å²) in [4.78, 5) is 11.6. The molecule has 1 amide bonds. The van der Waals surface area contributed by atoms with Crippen LogP contribution in [0, 0.1) is 5.41 Å². The molecule has 1 heterocycles. The fraction of sp³-hybridized carbons (Fsp3) is 0.909. The van der Waals surface area contributed by atoms with Gasteiger partial charge in [-0.3, -0.25) is 4.79 Å². The van der Waals surface area contributed by atoms with Crippen molar-refractivity contribution in [3.05, 3.63) is 0 Å². The Morgan fingerprint density at radius 3 is 2.69 bits per heavy atom. The fourth-order valence-corrected chi connectivity index (χ4v) is 2.12. The second-order valence-electron chi connectivity index (χ2n) is 4.87. The van der Waals surface area contributed by atoms with E-state index in [1.54, 1.807) is 0 Å². The maximum absolute atomic E-state index is 12.8. The number of rotatable bonds is 4. The summed E-state index contributed by atoms with van der Waals surface area (Å²) in [6, 6.07) is -0.312. The number of carbonyl (C=O) groups is 1. The van der Waals surface area contributed by atoms with Crippen LogP contribution >= 0.6 is 12.4 Å². The zero-order chi connectivity index (χ0) is 10.9. The van der Waals surface area contributed by atoms with E-state index in [1.807, 2.05) is 0 Å². The van der Waals surface area contributed by atoms with E-state index in [0.717, 1.165) is 13.0 Å². The third-order valence-corrected chi connectivity index (χ3v) is 3.74. The number of nitrogens with one attached hydrogen (secondary N) is 2. The van der Waals surface area contributed by atoms with Crippen LogP contribution in [0.15, 0.2) is 0 Å². The van der Waals surface area contributed by atoms with Crippen molar-refractivity contribution in [2.75, 3.05) is 13.1 Å². The topological polar surface area (TPSA) is 41.1 Å². The maximum atomic E-state index is 12.8. The summed E-state index contributed by atoms with van der Waals surface area (Å²) in [5.74, 6) is -0.0325. The highest BCUT2D eigenvalue weighted by Gasteiger charge is 2.41. The average molecular weight is 251 g/mol. The Balaban J connectivity index is 0.00000128. The molecule has 1 aliphatic heterocycles. The van der Waals surface area contributed by atoms with Gasteiger partial charge in [-0.15, -0.1) is 12.4 Å². The Labute approximate surface area is 102 Å². The van der Waals surface area contributed by atoms with Crippen LogP contribution in [0.1, 0.15) is 32.6 Å². The molecule has 0 aromatic carbocycles. The first-order chi connectivity index (χ1) is 7.15. The van der Waals surface area contributed by atoms with Gasteiger partial charge in [0.25, 0.3) is 0 Å². The van der Waals surface area contributed by atoms with Crippen molar-refractivity contribution < 1.29 is 9.18 Å². The lowest BCUT2D eigenvalue weighted by molar-refractivity contribution is -0.123. The molecule has 2 N–H and O–H groups in total. The number of carbonyl (C=O) groups excluding carboxylic acids is 1. The highest BCUT2D eigenvalue weighted by molar-refractivity contribution is 5.85. The molecule has 0 radical (unpaired) electrons. The van der Waals surface area contributed by atoms with Crippen molar-refractivity contribution in [1.29, 1.82) is 0 Å². The van der Waals surface area contributed by atoms with Gasteiger partial charge in [-0.2, -0.15) is 0 Å². The predicted molar refractivity (Wildman–Crippen MR) is 63.5 cm³/mol. The summed E-state index contributed by atoms with van der Waals surface area (Å²) in [6.45, 7) is 3.24. The molecule has 0 aromatic rings. The number of hydrogen-bond acceptors (Lipinski definition) is 2. The predicted octanol–water partition coefficient (Wildman–Crippen LogP) is 1.41. The molecular weight excluding hydrogens is 231 g/mol. The van der Waals surface area contributed by atoms with Gasteiger partial charge >= 0.3 is 0 Å². The molecule has 2 rings (SSSR count). The van der Waals surface area contributed by atoms with E-state index in [1.165, 1.54) is 12.8 Å². The summed E-state index contributed by atoms with van der Waals surface area (Å²) in [7, 11) is 0. The first-order valence-electron chi connectivity index (χ1n) is 5.80. The highest BCUT2D eigenvalue weighted by atomic mass is 35.5.